The average Bonchev–Trinajstić information content (AvgIpc) is 2.87. The smallest absolute Gasteiger partial charge is 0.209 e. The molecule has 2 atom stereocenters. The van der Waals surface area contributed by atoms with Crippen LogP contribution in [0.5, 0.6) is 17.2 Å². The lowest BCUT2D eigenvalue weighted by atomic mass is 10.00. The molecule has 0 spiro atoms. The van der Waals surface area contributed by atoms with E-state index in [0.29, 0.717) is 18.2 Å². The van der Waals surface area contributed by atoms with Crippen LogP contribution in [0.15, 0.2) is 51.3 Å². The Kier molecular flexibility index (Phi) is 9.10. The molecule has 0 unspecified atom stereocenters. The Morgan fingerprint density at radius 1 is 0.794 bits per heavy atom. The van der Waals surface area contributed by atoms with E-state index in [1.54, 1.807) is 47.3 Å². The second kappa shape index (κ2) is 12.0. The molecule has 1 heterocycles. The first-order chi connectivity index (χ1) is 16.4. The van der Waals surface area contributed by atoms with Crippen LogP contribution in [0.25, 0.3) is 0 Å². The predicted octanol–water partition coefficient (Wildman–Crippen LogP) is 5.04. The monoisotopic (exact) mass is 486 g/mol. The molecule has 0 bridgehead atoms. The van der Waals surface area contributed by atoms with Crippen molar-refractivity contribution in [3.63, 3.8) is 0 Å². The molecule has 1 aliphatic rings. The zero-order valence-electron chi connectivity index (χ0n) is 21.0. The van der Waals surface area contributed by atoms with Gasteiger partial charge in [0.2, 0.25) is 11.8 Å². The second-order valence-electron chi connectivity index (χ2n) is 8.21. The number of ether oxygens (including phenoxy) is 5. The minimum atomic E-state index is -0.299. The van der Waals surface area contributed by atoms with Crippen LogP contribution in [0.2, 0.25) is 0 Å². The lowest BCUT2D eigenvalue weighted by molar-refractivity contribution is 0.332. The average molecular weight is 487 g/mol. The number of benzene rings is 2. The third-order valence-corrected chi connectivity index (χ3v) is 6.88. The van der Waals surface area contributed by atoms with Crippen LogP contribution in [0.4, 0.5) is 0 Å². The largest absolute Gasteiger partial charge is 0.497 e. The topological polar surface area (TPSA) is 70.9 Å². The first-order valence-corrected chi connectivity index (χ1v) is 12.2. The first kappa shape index (κ1) is 25.7. The van der Waals surface area contributed by atoms with Crippen molar-refractivity contribution in [2.24, 2.45) is 15.9 Å². The highest BCUT2D eigenvalue weighted by Crippen LogP contribution is 2.39. The Labute approximate surface area is 206 Å². The molecule has 0 aromatic heterocycles. The maximum atomic E-state index is 5.74. The van der Waals surface area contributed by atoms with Gasteiger partial charge in [-0.1, -0.05) is 26.0 Å². The van der Waals surface area contributed by atoms with Crippen LogP contribution in [0.3, 0.4) is 0 Å². The molecule has 2 aromatic carbocycles. The van der Waals surface area contributed by atoms with Crippen LogP contribution in [0.1, 0.15) is 25.0 Å². The summed E-state index contributed by atoms with van der Waals surface area (Å²) in [5.74, 6) is 4.58. The molecule has 7 nitrogen and oxygen atoms in total. The predicted molar refractivity (Wildman–Crippen MR) is 137 cm³/mol. The molecule has 2 aromatic rings. The van der Waals surface area contributed by atoms with Gasteiger partial charge in [-0.2, -0.15) is 0 Å². The van der Waals surface area contributed by atoms with E-state index in [0.717, 1.165) is 33.5 Å². The molecule has 0 saturated heterocycles. The van der Waals surface area contributed by atoms with Crippen LogP contribution in [-0.4, -0.2) is 59.4 Å². The van der Waals surface area contributed by atoms with Gasteiger partial charge in [0.25, 0.3) is 0 Å². The molecular formula is C26H34N2O5S. The normalized spacial score (nSPS) is 17.6. The fourth-order valence-electron chi connectivity index (χ4n) is 3.80. The quantitative estimate of drug-likeness (QED) is 0.462. The zero-order chi connectivity index (χ0) is 24.7. The van der Waals surface area contributed by atoms with Crippen molar-refractivity contribution in [3.05, 3.63) is 47.5 Å². The van der Waals surface area contributed by atoms with Crippen LogP contribution >= 0.6 is 11.8 Å². The fourth-order valence-corrected chi connectivity index (χ4v) is 4.91. The molecule has 184 valence electrons. The Bertz CT molecular complexity index is 1020. The number of nitrogens with zero attached hydrogens (tertiary/aromatic N) is 2. The maximum Gasteiger partial charge on any atom is 0.209 e. The van der Waals surface area contributed by atoms with Gasteiger partial charge in [-0.3, -0.25) is 0 Å². The number of hydrogen-bond acceptors (Lipinski definition) is 8. The van der Waals surface area contributed by atoms with Crippen molar-refractivity contribution < 1.29 is 23.7 Å². The number of rotatable bonds is 9. The summed E-state index contributed by atoms with van der Waals surface area (Å²) < 4.78 is 27.8. The van der Waals surface area contributed by atoms with Gasteiger partial charge in [0, 0.05) is 18.2 Å². The molecule has 3 rings (SSSR count). The minimum Gasteiger partial charge on any atom is -0.497 e. The van der Waals surface area contributed by atoms with Crippen LogP contribution < -0.4 is 14.2 Å². The summed E-state index contributed by atoms with van der Waals surface area (Å²) in [6.07, 6.45) is 0.572. The standard InChI is InChI=1S/C26H34N2O5S/c1-16(2)23-26(33-7)27-21(25(28-23)32-6)13-18-12-20(30-4)14-22(31-5)24(18)34-15-17-8-10-19(29-3)11-9-17/h8-12,14,16,21,23H,13,15H2,1-7H3/t21-,23+/m1/s1. The Balaban J connectivity index is 1.94. The summed E-state index contributed by atoms with van der Waals surface area (Å²) in [5.41, 5.74) is 2.23. The van der Waals surface area contributed by atoms with Crippen molar-refractivity contribution in [2.45, 2.75) is 43.0 Å². The van der Waals surface area contributed by atoms with Crippen molar-refractivity contribution in [2.75, 3.05) is 35.5 Å². The summed E-state index contributed by atoms with van der Waals surface area (Å²) in [7, 11) is 8.28. The van der Waals surface area contributed by atoms with E-state index in [9.17, 15) is 0 Å². The van der Waals surface area contributed by atoms with Crippen molar-refractivity contribution in [3.8, 4) is 17.2 Å². The molecule has 0 radical (unpaired) electrons. The Morgan fingerprint density at radius 3 is 2.03 bits per heavy atom. The van der Waals surface area contributed by atoms with E-state index < -0.39 is 0 Å². The third-order valence-electron chi connectivity index (χ3n) is 5.65. The third kappa shape index (κ3) is 5.97. The summed E-state index contributed by atoms with van der Waals surface area (Å²) in [5, 5.41) is 0. The van der Waals surface area contributed by atoms with Crippen molar-refractivity contribution >= 4 is 23.6 Å². The van der Waals surface area contributed by atoms with E-state index in [1.165, 1.54) is 5.56 Å². The van der Waals surface area contributed by atoms with Crippen molar-refractivity contribution in [1.82, 2.24) is 0 Å². The number of thioether (sulfide) groups is 1. The van der Waals surface area contributed by atoms with E-state index in [2.05, 4.69) is 26.0 Å². The number of methoxy groups -OCH3 is 5. The zero-order valence-corrected chi connectivity index (χ0v) is 21.8. The summed E-state index contributed by atoms with van der Waals surface area (Å²) in [6.45, 7) is 4.19. The summed E-state index contributed by atoms with van der Waals surface area (Å²) >= 11 is 1.71. The fraction of sp³-hybridized carbons (Fsp3) is 0.462. The Morgan fingerprint density at radius 2 is 1.47 bits per heavy atom. The van der Waals surface area contributed by atoms with Crippen LogP contribution in [-0.2, 0) is 21.6 Å². The Hall–Kier alpha value is -2.87. The summed E-state index contributed by atoms with van der Waals surface area (Å²) in [4.78, 5) is 10.7. The van der Waals surface area contributed by atoms with Gasteiger partial charge in [0.05, 0.1) is 40.4 Å². The first-order valence-electron chi connectivity index (χ1n) is 11.2. The summed E-state index contributed by atoms with van der Waals surface area (Å²) in [6, 6.07) is 11.6. The van der Waals surface area contributed by atoms with Gasteiger partial charge in [0.15, 0.2) is 0 Å². The van der Waals surface area contributed by atoms with E-state index in [-0.39, 0.29) is 18.0 Å². The highest BCUT2D eigenvalue weighted by atomic mass is 32.2. The molecule has 34 heavy (non-hydrogen) atoms. The molecule has 1 aliphatic heterocycles. The molecule has 0 amide bonds. The highest BCUT2D eigenvalue weighted by molar-refractivity contribution is 7.98. The molecule has 0 N–H and O–H groups in total. The molecule has 8 heteroatoms. The van der Waals surface area contributed by atoms with Gasteiger partial charge in [0.1, 0.15) is 29.3 Å². The SMILES string of the molecule is COC1=N[C@H](Cc2cc(OC)cc(OC)c2SCc2ccc(OC)cc2)C(OC)=N[C@H]1C(C)C. The van der Waals surface area contributed by atoms with Gasteiger partial charge in [-0.25, -0.2) is 9.98 Å². The van der Waals surface area contributed by atoms with Gasteiger partial charge in [-0.15, -0.1) is 11.8 Å². The number of hydrogen-bond donors (Lipinski definition) is 0. The molecule has 0 aliphatic carbocycles. The number of aliphatic imine (C=N–C) groups is 2. The maximum absolute atomic E-state index is 5.74. The van der Waals surface area contributed by atoms with Gasteiger partial charge < -0.3 is 23.7 Å². The minimum absolute atomic E-state index is 0.153. The second-order valence-corrected chi connectivity index (χ2v) is 9.19. The molecule has 0 fully saturated rings. The highest BCUT2D eigenvalue weighted by Gasteiger charge is 2.32. The molecular weight excluding hydrogens is 452 g/mol. The lowest BCUT2D eigenvalue weighted by Gasteiger charge is -2.27. The lowest BCUT2D eigenvalue weighted by Crippen LogP contribution is -2.38. The van der Waals surface area contributed by atoms with Gasteiger partial charge >= 0.3 is 0 Å². The van der Waals surface area contributed by atoms with E-state index in [1.807, 2.05) is 24.3 Å². The van der Waals surface area contributed by atoms with Crippen LogP contribution in [0, 0.1) is 5.92 Å². The molecule has 0 saturated carbocycles. The van der Waals surface area contributed by atoms with Gasteiger partial charge in [-0.05, 0) is 35.2 Å². The van der Waals surface area contributed by atoms with E-state index >= 15 is 0 Å². The van der Waals surface area contributed by atoms with E-state index in [4.69, 9.17) is 33.7 Å². The van der Waals surface area contributed by atoms with Crippen molar-refractivity contribution in [1.29, 1.82) is 0 Å².